The third kappa shape index (κ3) is 5.24. The molecule has 0 aliphatic rings. The van der Waals surface area contributed by atoms with E-state index in [-0.39, 0.29) is 24.0 Å². The van der Waals surface area contributed by atoms with Crippen LogP contribution in [0.5, 0.6) is 0 Å². The Kier molecular flexibility index (Phi) is 7.87. The van der Waals surface area contributed by atoms with E-state index in [1.165, 1.54) is 0 Å². The Bertz CT molecular complexity index is 418. The van der Waals surface area contributed by atoms with Gasteiger partial charge in [0.05, 0.1) is 33.2 Å². The normalized spacial score (nSPS) is 9.53. The van der Waals surface area contributed by atoms with Gasteiger partial charge in [-0.25, -0.2) is 0 Å². The first kappa shape index (κ1) is 17.4. The van der Waals surface area contributed by atoms with E-state index in [0.717, 1.165) is 15.1 Å². The topological polar surface area (TPSA) is 6.25 Å². The lowest BCUT2D eigenvalue weighted by molar-refractivity contribution is -0.466. The Morgan fingerprint density at radius 2 is 1.82 bits per heavy atom. The lowest BCUT2D eigenvalue weighted by Crippen LogP contribution is -3.00. The molecule has 17 heavy (non-hydrogen) atoms. The van der Waals surface area contributed by atoms with Gasteiger partial charge in [-0.3, -0.25) is 9.48 Å². The van der Waals surface area contributed by atoms with Crippen LogP contribution >= 0.6 is 35.0 Å². The molecular formula is C11H15Cl2IN2S. The third-order valence-corrected chi connectivity index (χ3v) is 4.01. The van der Waals surface area contributed by atoms with Crippen molar-refractivity contribution >= 4 is 40.1 Å². The van der Waals surface area contributed by atoms with Crippen molar-refractivity contribution in [2.75, 3.05) is 28.2 Å². The summed E-state index contributed by atoms with van der Waals surface area (Å²) in [4.78, 5) is 3.01. The molecule has 0 amide bonds. The number of thioether (sulfide) groups is 1. The summed E-state index contributed by atoms with van der Waals surface area (Å²) >= 11 is 13.7. The second kappa shape index (κ2) is 7.71. The minimum absolute atomic E-state index is 0. The molecule has 0 atom stereocenters. The molecule has 1 aromatic rings. The van der Waals surface area contributed by atoms with Crippen LogP contribution in [-0.4, -0.2) is 42.8 Å². The maximum Gasteiger partial charge on any atom is 0.312 e. The monoisotopic (exact) mass is 404 g/mol. The van der Waals surface area contributed by atoms with Crippen LogP contribution in [0.25, 0.3) is 0 Å². The van der Waals surface area contributed by atoms with Crippen LogP contribution in [0.15, 0.2) is 23.1 Å². The van der Waals surface area contributed by atoms with E-state index in [0.29, 0.717) is 5.02 Å². The third-order valence-electron chi connectivity index (χ3n) is 1.86. The smallest absolute Gasteiger partial charge is 0.312 e. The predicted molar refractivity (Wildman–Crippen MR) is 73.1 cm³/mol. The number of amidine groups is 1. The fourth-order valence-electron chi connectivity index (χ4n) is 1.24. The molecule has 6 heteroatoms. The SMILES string of the molecule is CN(C)C(Sc1cc(Cl)ccc1Cl)=[N+](C)C.[I-]. The second-order valence-corrected chi connectivity index (χ2v) is 5.60. The standard InChI is InChI=1S/C11H15Cl2N2S.HI/c1-14(2)11(15(3)4)16-10-7-8(12)5-6-9(10)13;/h5-7H,1-4H3;1H/q+1;/p-1. The first-order chi connectivity index (χ1) is 7.41. The molecule has 1 rings (SSSR count). The fraction of sp³-hybridized carbons (Fsp3) is 0.364. The van der Waals surface area contributed by atoms with Crippen molar-refractivity contribution in [3.63, 3.8) is 0 Å². The van der Waals surface area contributed by atoms with Gasteiger partial charge in [0.15, 0.2) is 0 Å². The van der Waals surface area contributed by atoms with Crippen molar-refractivity contribution < 1.29 is 28.6 Å². The van der Waals surface area contributed by atoms with Crippen LogP contribution in [-0.2, 0) is 0 Å². The summed E-state index contributed by atoms with van der Waals surface area (Å²) in [5, 5.41) is 2.52. The van der Waals surface area contributed by atoms with E-state index in [9.17, 15) is 0 Å². The van der Waals surface area contributed by atoms with Gasteiger partial charge in [0, 0.05) is 9.92 Å². The molecule has 0 saturated carbocycles. The van der Waals surface area contributed by atoms with Gasteiger partial charge < -0.3 is 24.0 Å². The van der Waals surface area contributed by atoms with Gasteiger partial charge >= 0.3 is 5.17 Å². The zero-order chi connectivity index (χ0) is 12.3. The number of halogens is 3. The zero-order valence-corrected chi connectivity index (χ0v) is 14.7. The van der Waals surface area contributed by atoms with E-state index in [1.807, 2.05) is 49.8 Å². The lowest BCUT2D eigenvalue weighted by Gasteiger charge is -2.11. The number of benzene rings is 1. The van der Waals surface area contributed by atoms with Crippen molar-refractivity contribution in [3.8, 4) is 0 Å². The van der Waals surface area contributed by atoms with Gasteiger partial charge in [0.25, 0.3) is 0 Å². The maximum atomic E-state index is 6.12. The fourth-order valence-corrected chi connectivity index (χ4v) is 2.62. The maximum absolute atomic E-state index is 6.12. The predicted octanol–water partition coefficient (Wildman–Crippen LogP) is 0.279. The minimum atomic E-state index is 0. The first-order valence-electron chi connectivity index (χ1n) is 4.76. The Balaban J connectivity index is 0.00000256. The van der Waals surface area contributed by atoms with Gasteiger partial charge in [0.1, 0.15) is 0 Å². The molecule has 0 aliphatic heterocycles. The summed E-state index contributed by atoms with van der Waals surface area (Å²) in [6.07, 6.45) is 0. The summed E-state index contributed by atoms with van der Waals surface area (Å²) in [6, 6.07) is 5.48. The molecule has 0 fully saturated rings. The van der Waals surface area contributed by atoms with Crippen molar-refractivity contribution in [2.45, 2.75) is 4.90 Å². The number of hydrogen-bond donors (Lipinski definition) is 0. The Hall–Kier alpha value is 0.350. The van der Waals surface area contributed by atoms with Crippen LogP contribution in [0.2, 0.25) is 10.0 Å². The molecule has 0 aliphatic carbocycles. The van der Waals surface area contributed by atoms with Gasteiger partial charge in [0.2, 0.25) is 0 Å². The molecule has 0 aromatic heterocycles. The molecule has 0 saturated heterocycles. The first-order valence-corrected chi connectivity index (χ1v) is 6.33. The van der Waals surface area contributed by atoms with Gasteiger partial charge in [-0.15, -0.1) is 0 Å². The molecule has 2 nitrogen and oxygen atoms in total. The molecule has 96 valence electrons. The van der Waals surface area contributed by atoms with Crippen LogP contribution < -0.4 is 24.0 Å². The van der Waals surface area contributed by atoms with E-state index in [2.05, 4.69) is 0 Å². The van der Waals surface area contributed by atoms with Crippen molar-refractivity contribution in [3.05, 3.63) is 28.2 Å². The average Bonchev–Trinajstić information content (AvgIpc) is 2.18. The Morgan fingerprint density at radius 1 is 1.24 bits per heavy atom. The van der Waals surface area contributed by atoms with Crippen molar-refractivity contribution in [1.29, 1.82) is 0 Å². The Labute approximate surface area is 134 Å². The van der Waals surface area contributed by atoms with Crippen molar-refractivity contribution in [2.24, 2.45) is 0 Å². The molecule has 0 bridgehead atoms. The highest BCUT2D eigenvalue weighted by Gasteiger charge is 2.15. The largest absolute Gasteiger partial charge is 1.00 e. The molecule has 1 aromatic carbocycles. The number of nitrogens with zero attached hydrogens (tertiary/aromatic N) is 2. The zero-order valence-electron chi connectivity index (χ0n) is 10.2. The van der Waals surface area contributed by atoms with E-state index in [4.69, 9.17) is 23.2 Å². The van der Waals surface area contributed by atoms with Crippen LogP contribution in [0, 0.1) is 0 Å². The van der Waals surface area contributed by atoms with E-state index < -0.39 is 0 Å². The summed E-state index contributed by atoms with van der Waals surface area (Å²) in [5.41, 5.74) is 0. The summed E-state index contributed by atoms with van der Waals surface area (Å²) < 4.78 is 2.04. The summed E-state index contributed by atoms with van der Waals surface area (Å²) in [7, 11) is 8.00. The average molecular weight is 405 g/mol. The van der Waals surface area contributed by atoms with Crippen LogP contribution in [0.3, 0.4) is 0 Å². The highest BCUT2D eigenvalue weighted by atomic mass is 127. The molecule has 0 N–H and O–H groups in total. The van der Waals surface area contributed by atoms with Gasteiger partial charge in [-0.2, -0.15) is 0 Å². The van der Waals surface area contributed by atoms with Gasteiger partial charge in [-0.1, -0.05) is 23.2 Å². The molecular weight excluding hydrogens is 390 g/mol. The van der Waals surface area contributed by atoms with Crippen LogP contribution in [0.1, 0.15) is 0 Å². The Morgan fingerprint density at radius 3 is 2.29 bits per heavy atom. The lowest BCUT2D eigenvalue weighted by atomic mass is 10.4. The number of rotatable bonds is 1. The van der Waals surface area contributed by atoms with E-state index in [1.54, 1.807) is 17.8 Å². The number of hydrogen-bond acceptors (Lipinski definition) is 1. The molecule has 0 heterocycles. The summed E-state index contributed by atoms with van der Waals surface area (Å²) in [6.45, 7) is 0. The molecule has 0 radical (unpaired) electrons. The highest BCUT2D eigenvalue weighted by Crippen LogP contribution is 2.30. The molecule has 0 unspecified atom stereocenters. The highest BCUT2D eigenvalue weighted by molar-refractivity contribution is 8.13. The quantitative estimate of drug-likeness (QED) is 0.218. The summed E-state index contributed by atoms with van der Waals surface area (Å²) in [5.74, 6) is 0. The minimum Gasteiger partial charge on any atom is -1.00 e. The van der Waals surface area contributed by atoms with E-state index >= 15 is 0 Å². The van der Waals surface area contributed by atoms with Crippen LogP contribution in [0.4, 0.5) is 0 Å². The second-order valence-electron chi connectivity index (χ2n) is 3.75. The van der Waals surface area contributed by atoms with Gasteiger partial charge in [-0.05, 0) is 30.0 Å². The van der Waals surface area contributed by atoms with Crippen molar-refractivity contribution in [1.82, 2.24) is 4.90 Å². The molecule has 0 spiro atoms.